The number of thiazole rings is 1. The van der Waals surface area contributed by atoms with Crippen LogP contribution in [0.15, 0.2) is 58.5 Å². The van der Waals surface area contributed by atoms with Crippen LogP contribution in [0.1, 0.15) is 38.9 Å². The Bertz CT molecular complexity index is 1200. The number of carbonyl (C=O) groups is 3. The molecule has 0 atom stereocenters. The number of carbonyl (C=O) groups excluding carboxylic acids is 3. The molecule has 0 bridgehead atoms. The van der Waals surface area contributed by atoms with Crippen molar-refractivity contribution in [3.8, 4) is 0 Å². The Morgan fingerprint density at radius 3 is 2.85 bits per heavy atom. The fraction of sp³-hybridized carbons (Fsp3) is 0.250. The third-order valence-corrected chi connectivity index (χ3v) is 7.39. The van der Waals surface area contributed by atoms with E-state index in [0.29, 0.717) is 42.9 Å². The van der Waals surface area contributed by atoms with E-state index < -0.39 is 0 Å². The van der Waals surface area contributed by atoms with Crippen molar-refractivity contribution in [3.63, 3.8) is 0 Å². The molecule has 4 rings (SSSR count). The molecule has 1 aliphatic rings. The number of hydrogen-bond acceptors (Lipinski definition) is 7. The van der Waals surface area contributed by atoms with Crippen LogP contribution in [0.4, 0.5) is 10.8 Å². The number of fused-ring (bicyclic) bond motifs is 2. The molecule has 176 valence electrons. The lowest BCUT2D eigenvalue weighted by atomic mass is 10.1. The minimum Gasteiger partial charge on any atom is -0.357 e. The first-order valence-corrected chi connectivity index (χ1v) is 12.6. The molecule has 10 heteroatoms. The van der Waals surface area contributed by atoms with Gasteiger partial charge < -0.3 is 20.9 Å². The molecule has 0 spiro atoms. The first-order chi connectivity index (χ1) is 16.6. The number of benzene rings is 2. The lowest BCUT2D eigenvalue weighted by Gasteiger charge is -2.20. The van der Waals surface area contributed by atoms with Gasteiger partial charge in [0, 0.05) is 46.1 Å². The van der Waals surface area contributed by atoms with Gasteiger partial charge in [-0.2, -0.15) is 0 Å². The first kappa shape index (κ1) is 23.8. The zero-order chi connectivity index (χ0) is 23.9. The number of hydrogen-bond donors (Lipinski definition) is 3. The molecule has 0 saturated heterocycles. The van der Waals surface area contributed by atoms with E-state index in [4.69, 9.17) is 0 Å². The van der Waals surface area contributed by atoms with Gasteiger partial charge in [-0.1, -0.05) is 30.8 Å². The molecule has 34 heavy (non-hydrogen) atoms. The Hall–Kier alpha value is -3.37. The fourth-order valence-corrected chi connectivity index (χ4v) is 5.45. The van der Waals surface area contributed by atoms with E-state index in [-0.39, 0.29) is 11.8 Å². The highest BCUT2D eigenvalue weighted by molar-refractivity contribution is 7.99. The van der Waals surface area contributed by atoms with Crippen molar-refractivity contribution in [2.45, 2.75) is 29.7 Å². The summed E-state index contributed by atoms with van der Waals surface area (Å²) in [6, 6.07) is 12.8. The zero-order valence-corrected chi connectivity index (χ0v) is 20.3. The average molecular weight is 496 g/mol. The molecule has 1 aromatic heterocycles. The second kappa shape index (κ2) is 11.2. The summed E-state index contributed by atoms with van der Waals surface area (Å²) in [4.78, 5) is 45.2. The number of anilines is 2. The molecular weight excluding hydrogens is 470 g/mol. The van der Waals surface area contributed by atoms with Crippen molar-refractivity contribution < 1.29 is 14.4 Å². The summed E-state index contributed by atoms with van der Waals surface area (Å²) in [5.41, 5.74) is 1.72. The monoisotopic (exact) mass is 495 g/mol. The SMILES string of the molecule is CCCN(CCNC=O)c1ncc(CNC(=O)c2ccc3c(c2)NC(=O)c2ccccc2S3)s1. The highest BCUT2D eigenvalue weighted by Crippen LogP contribution is 2.39. The standard InChI is InChI=1S/C24H25N5O3S2/c1-2-10-29(11-9-25-15-30)24-27-14-17(33-24)13-26-22(31)16-7-8-21-19(12-16)28-23(32)18-5-3-4-6-20(18)34-21/h3-8,12,14-15H,2,9-11,13H2,1H3,(H,25,30)(H,26,31)(H,28,32). The van der Waals surface area contributed by atoms with Crippen molar-refractivity contribution in [3.05, 3.63) is 64.7 Å². The molecule has 1 aliphatic heterocycles. The van der Waals surface area contributed by atoms with Gasteiger partial charge in [-0.05, 0) is 36.8 Å². The van der Waals surface area contributed by atoms with Gasteiger partial charge in [-0.25, -0.2) is 4.98 Å². The van der Waals surface area contributed by atoms with E-state index >= 15 is 0 Å². The van der Waals surface area contributed by atoms with E-state index in [1.165, 1.54) is 23.1 Å². The third kappa shape index (κ3) is 5.57. The lowest BCUT2D eigenvalue weighted by molar-refractivity contribution is -0.109. The predicted octanol–water partition coefficient (Wildman–Crippen LogP) is 3.75. The van der Waals surface area contributed by atoms with Crippen molar-refractivity contribution in [2.24, 2.45) is 0 Å². The zero-order valence-electron chi connectivity index (χ0n) is 18.7. The highest BCUT2D eigenvalue weighted by Gasteiger charge is 2.21. The molecule has 3 amide bonds. The van der Waals surface area contributed by atoms with Gasteiger partial charge in [0.25, 0.3) is 11.8 Å². The van der Waals surface area contributed by atoms with Gasteiger partial charge in [0.15, 0.2) is 5.13 Å². The van der Waals surface area contributed by atoms with Crippen LogP contribution in [-0.2, 0) is 11.3 Å². The molecule has 3 N–H and O–H groups in total. The number of nitrogens with zero attached hydrogens (tertiary/aromatic N) is 2. The number of nitrogens with one attached hydrogen (secondary N) is 3. The van der Waals surface area contributed by atoms with Crippen LogP contribution < -0.4 is 20.9 Å². The lowest BCUT2D eigenvalue weighted by Crippen LogP contribution is -2.32. The van der Waals surface area contributed by atoms with Crippen LogP contribution in [0.3, 0.4) is 0 Å². The molecule has 0 saturated carbocycles. The number of aromatic nitrogens is 1. The maximum atomic E-state index is 12.8. The van der Waals surface area contributed by atoms with Gasteiger partial charge in [0.1, 0.15) is 0 Å². The minimum absolute atomic E-state index is 0.184. The molecule has 0 fully saturated rings. The molecule has 2 aromatic carbocycles. The molecule has 0 unspecified atom stereocenters. The largest absolute Gasteiger partial charge is 0.357 e. The highest BCUT2D eigenvalue weighted by atomic mass is 32.2. The van der Waals surface area contributed by atoms with E-state index in [0.717, 1.165) is 32.8 Å². The molecular formula is C24H25N5O3S2. The molecule has 2 heterocycles. The van der Waals surface area contributed by atoms with Crippen LogP contribution in [-0.4, -0.2) is 42.8 Å². The van der Waals surface area contributed by atoms with Crippen LogP contribution in [0, 0.1) is 0 Å². The van der Waals surface area contributed by atoms with Crippen molar-refractivity contribution >= 4 is 52.1 Å². The van der Waals surface area contributed by atoms with E-state index in [1.54, 1.807) is 24.4 Å². The van der Waals surface area contributed by atoms with Crippen LogP contribution in [0.2, 0.25) is 0 Å². The van der Waals surface area contributed by atoms with Gasteiger partial charge in [-0.3, -0.25) is 14.4 Å². The Balaban J connectivity index is 1.40. The smallest absolute Gasteiger partial charge is 0.256 e. The van der Waals surface area contributed by atoms with E-state index in [1.807, 2.05) is 24.3 Å². The molecule has 8 nitrogen and oxygen atoms in total. The van der Waals surface area contributed by atoms with E-state index in [9.17, 15) is 14.4 Å². The van der Waals surface area contributed by atoms with Crippen molar-refractivity contribution in [1.82, 2.24) is 15.6 Å². The van der Waals surface area contributed by atoms with Crippen molar-refractivity contribution in [1.29, 1.82) is 0 Å². The van der Waals surface area contributed by atoms with E-state index in [2.05, 4.69) is 32.8 Å². The summed E-state index contributed by atoms with van der Waals surface area (Å²) in [6.07, 6.45) is 3.42. The Labute approximate surface area is 206 Å². The fourth-order valence-electron chi connectivity index (χ4n) is 3.54. The number of amides is 3. The van der Waals surface area contributed by atoms with Gasteiger partial charge in [-0.15, -0.1) is 11.3 Å². The summed E-state index contributed by atoms with van der Waals surface area (Å²) in [7, 11) is 0. The summed E-state index contributed by atoms with van der Waals surface area (Å²) in [6.45, 7) is 4.51. The molecule has 0 radical (unpaired) electrons. The Morgan fingerprint density at radius 2 is 2.03 bits per heavy atom. The third-order valence-electron chi connectivity index (χ3n) is 5.18. The quantitative estimate of drug-likeness (QED) is 0.292. The maximum absolute atomic E-state index is 12.8. The summed E-state index contributed by atoms with van der Waals surface area (Å²) in [5.74, 6) is -0.407. The topological polar surface area (TPSA) is 103 Å². The normalized spacial score (nSPS) is 12.1. The van der Waals surface area contributed by atoms with Crippen LogP contribution in [0.5, 0.6) is 0 Å². The first-order valence-electron chi connectivity index (χ1n) is 11.0. The summed E-state index contributed by atoms with van der Waals surface area (Å²) in [5, 5.41) is 9.39. The second-order valence-electron chi connectivity index (χ2n) is 7.61. The Morgan fingerprint density at radius 1 is 1.18 bits per heavy atom. The molecule has 3 aromatic rings. The van der Waals surface area contributed by atoms with Gasteiger partial charge in [0.05, 0.1) is 17.8 Å². The summed E-state index contributed by atoms with van der Waals surface area (Å²) >= 11 is 3.02. The maximum Gasteiger partial charge on any atom is 0.256 e. The number of rotatable bonds is 10. The second-order valence-corrected chi connectivity index (χ2v) is 9.79. The predicted molar refractivity (Wildman–Crippen MR) is 135 cm³/mol. The van der Waals surface area contributed by atoms with Crippen LogP contribution in [0.25, 0.3) is 0 Å². The minimum atomic E-state index is -0.223. The average Bonchev–Trinajstić information content (AvgIpc) is 3.26. The van der Waals surface area contributed by atoms with Crippen LogP contribution >= 0.6 is 23.1 Å². The summed E-state index contributed by atoms with van der Waals surface area (Å²) < 4.78 is 0. The Kier molecular flexibility index (Phi) is 7.81. The van der Waals surface area contributed by atoms with Gasteiger partial charge >= 0.3 is 0 Å². The van der Waals surface area contributed by atoms with Crippen molar-refractivity contribution in [2.75, 3.05) is 29.9 Å². The molecule has 0 aliphatic carbocycles. The van der Waals surface area contributed by atoms with Gasteiger partial charge in [0.2, 0.25) is 6.41 Å².